The molecule has 0 bridgehead atoms. The first-order chi connectivity index (χ1) is 11.6. The summed E-state index contributed by atoms with van der Waals surface area (Å²) in [7, 11) is -0.523. The third kappa shape index (κ3) is 4.89. The van der Waals surface area contributed by atoms with Gasteiger partial charge in [-0.05, 0) is 56.4 Å². The fourth-order valence-corrected chi connectivity index (χ4v) is 3.14. The highest BCUT2D eigenvalue weighted by Gasteiger charge is 2.52. The van der Waals surface area contributed by atoms with Crippen LogP contribution in [0.25, 0.3) is 6.08 Å². The van der Waals surface area contributed by atoms with Crippen LogP contribution in [0.15, 0.2) is 23.7 Å². The fraction of sp³-hybridized carbons (Fsp3) is 0.500. The van der Waals surface area contributed by atoms with E-state index in [1.54, 1.807) is 13.0 Å². The number of thioether (sulfide) groups is 1. The van der Waals surface area contributed by atoms with Crippen LogP contribution >= 0.6 is 23.4 Å². The number of benzene rings is 1. The summed E-state index contributed by atoms with van der Waals surface area (Å²) in [5.41, 5.74) is 1.50. The van der Waals surface area contributed by atoms with E-state index in [2.05, 4.69) is 0 Å². The Morgan fingerprint density at radius 2 is 1.88 bits per heavy atom. The van der Waals surface area contributed by atoms with Crippen molar-refractivity contribution in [3.05, 3.63) is 39.8 Å². The maximum atomic E-state index is 11.4. The van der Waals surface area contributed by atoms with Gasteiger partial charge in [0.1, 0.15) is 0 Å². The average Bonchev–Trinajstić information content (AvgIpc) is 2.73. The molecule has 0 atom stereocenters. The third-order valence-electron chi connectivity index (χ3n) is 4.59. The normalized spacial score (nSPS) is 19.3. The standard InChI is InChI=1S/C18H24BClO4S/c1-12(22)25-11-15(19-23-17(2,3)18(4,5)24-19)9-13-6-7-16(20)14(8-13)10-21/h6-9,21H,10-11H2,1-5H3. The van der Waals surface area contributed by atoms with Crippen molar-refractivity contribution in [3.63, 3.8) is 0 Å². The molecule has 0 aliphatic carbocycles. The molecule has 0 unspecified atom stereocenters. The Bertz CT molecular complexity index is 672. The van der Waals surface area contributed by atoms with Crippen molar-refractivity contribution >= 4 is 41.7 Å². The van der Waals surface area contributed by atoms with Crippen molar-refractivity contribution in [2.75, 3.05) is 5.75 Å². The van der Waals surface area contributed by atoms with Crippen LogP contribution < -0.4 is 0 Å². The predicted octanol–water partition coefficient (Wildman–Crippen LogP) is 4.13. The molecule has 0 spiro atoms. The lowest BCUT2D eigenvalue weighted by atomic mass is 9.78. The van der Waals surface area contributed by atoms with Gasteiger partial charge in [0.15, 0.2) is 5.12 Å². The second kappa shape index (κ2) is 7.84. The molecule has 1 N–H and O–H groups in total. The van der Waals surface area contributed by atoms with Crippen LogP contribution in [0.2, 0.25) is 5.02 Å². The highest BCUT2D eigenvalue weighted by Crippen LogP contribution is 2.39. The van der Waals surface area contributed by atoms with E-state index >= 15 is 0 Å². The van der Waals surface area contributed by atoms with E-state index < -0.39 is 18.3 Å². The number of aliphatic hydroxyl groups is 1. The molecule has 1 fully saturated rings. The summed E-state index contributed by atoms with van der Waals surface area (Å²) in [5.74, 6) is 0.475. The van der Waals surface area contributed by atoms with Gasteiger partial charge in [-0.2, -0.15) is 0 Å². The van der Waals surface area contributed by atoms with Gasteiger partial charge >= 0.3 is 7.12 Å². The number of halogens is 1. The Balaban J connectivity index is 2.35. The van der Waals surface area contributed by atoms with E-state index in [1.165, 1.54) is 11.8 Å². The van der Waals surface area contributed by atoms with E-state index in [9.17, 15) is 9.90 Å². The molecule has 2 rings (SSSR count). The first kappa shape index (κ1) is 20.5. The molecule has 1 aromatic carbocycles. The highest BCUT2D eigenvalue weighted by molar-refractivity contribution is 8.13. The Kier molecular flexibility index (Phi) is 6.44. The zero-order chi connectivity index (χ0) is 18.8. The molecule has 1 heterocycles. The Morgan fingerprint density at radius 3 is 2.40 bits per heavy atom. The van der Waals surface area contributed by atoms with Gasteiger partial charge in [0.2, 0.25) is 0 Å². The van der Waals surface area contributed by atoms with Crippen molar-refractivity contribution in [2.45, 2.75) is 52.4 Å². The molecular weight excluding hydrogens is 359 g/mol. The van der Waals surface area contributed by atoms with Gasteiger partial charge in [-0.15, -0.1) is 0 Å². The predicted molar refractivity (Wildman–Crippen MR) is 105 cm³/mol. The van der Waals surface area contributed by atoms with Crippen molar-refractivity contribution in [2.24, 2.45) is 0 Å². The number of carbonyl (C=O) groups excluding carboxylic acids is 1. The summed E-state index contributed by atoms with van der Waals surface area (Å²) in [6, 6.07) is 5.44. The minimum atomic E-state index is -0.523. The summed E-state index contributed by atoms with van der Waals surface area (Å²) in [6.07, 6.45) is 1.94. The summed E-state index contributed by atoms with van der Waals surface area (Å²) in [5, 5.41) is 9.96. The van der Waals surface area contributed by atoms with Crippen LogP contribution in [0.1, 0.15) is 45.7 Å². The smallest absolute Gasteiger partial charge is 0.400 e. The molecule has 1 saturated heterocycles. The Hall–Kier alpha value is -0.785. The molecule has 7 heteroatoms. The topological polar surface area (TPSA) is 55.8 Å². The van der Waals surface area contributed by atoms with E-state index in [1.807, 2.05) is 45.9 Å². The van der Waals surface area contributed by atoms with E-state index in [0.717, 1.165) is 11.0 Å². The van der Waals surface area contributed by atoms with Gasteiger partial charge in [-0.1, -0.05) is 35.5 Å². The van der Waals surface area contributed by atoms with Crippen molar-refractivity contribution in [1.82, 2.24) is 0 Å². The van der Waals surface area contributed by atoms with E-state index in [-0.39, 0.29) is 11.7 Å². The largest absolute Gasteiger partial charge is 0.491 e. The Labute approximate surface area is 159 Å². The molecular formula is C18H24BClO4S. The summed E-state index contributed by atoms with van der Waals surface area (Å²) in [6.45, 7) is 9.39. The van der Waals surface area contributed by atoms with Crippen LogP contribution in [0.4, 0.5) is 0 Å². The summed E-state index contributed by atoms with van der Waals surface area (Å²) < 4.78 is 12.2. The van der Waals surface area contributed by atoms with Crippen LogP contribution in [-0.2, 0) is 20.7 Å². The number of rotatable bonds is 5. The summed E-state index contributed by atoms with van der Waals surface area (Å²) >= 11 is 7.27. The number of carbonyl (C=O) groups is 1. The second-order valence-electron chi connectivity index (χ2n) is 7.10. The number of hydrogen-bond donors (Lipinski definition) is 1. The minimum absolute atomic E-state index is 0.0366. The van der Waals surface area contributed by atoms with Gasteiger partial charge in [0, 0.05) is 17.7 Å². The molecule has 136 valence electrons. The first-order valence-corrected chi connectivity index (χ1v) is 9.51. The van der Waals surface area contributed by atoms with Crippen molar-refractivity contribution < 1.29 is 19.2 Å². The quantitative estimate of drug-likeness (QED) is 0.776. The molecule has 0 radical (unpaired) electrons. The number of aliphatic hydroxyl groups excluding tert-OH is 1. The van der Waals surface area contributed by atoms with Gasteiger partial charge in [0.25, 0.3) is 0 Å². The van der Waals surface area contributed by atoms with Crippen molar-refractivity contribution in [3.8, 4) is 0 Å². The van der Waals surface area contributed by atoms with E-state index in [4.69, 9.17) is 20.9 Å². The van der Waals surface area contributed by atoms with Crippen LogP contribution in [0, 0.1) is 0 Å². The van der Waals surface area contributed by atoms with E-state index in [0.29, 0.717) is 16.3 Å². The minimum Gasteiger partial charge on any atom is -0.400 e. The second-order valence-corrected chi connectivity index (χ2v) is 8.66. The van der Waals surface area contributed by atoms with Gasteiger partial charge in [0.05, 0.1) is 17.8 Å². The molecule has 0 aromatic heterocycles. The van der Waals surface area contributed by atoms with Crippen LogP contribution in [0.3, 0.4) is 0 Å². The first-order valence-electron chi connectivity index (χ1n) is 8.14. The maximum Gasteiger partial charge on any atom is 0.491 e. The molecule has 1 aliphatic heterocycles. The molecule has 1 aliphatic rings. The lowest BCUT2D eigenvalue weighted by Gasteiger charge is -2.32. The monoisotopic (exact) mass is 382 g/mol. The van der Waals surface area contributed by atoms with Gasteiger partial charge < -0.3 is 14.4 Å². The molecule has 0 saturated carbocycles. The summed E-state index contributed by atoms with van der Waals surface area (Å²) in [4.78, 5) is 11.4. The Morgan fingerprint density at radius 1 is 1.28 bits per heavy atom. The average molecular weight is 383 g/mol. The van der Waals surface area contributed by atoms with Crippen molar-refractivity contribution in [1.29, 1.82) is 0 Å². The third-order valence-corrected chi connectivity index (χ3v) is 5.84. The molecule has 1 aromatic rings. The van der Waals surface area contributed by atoms with Crippen LogP contribution in [-0.4, -0.2) is 34.3 Å². The maximum absolute atomic E-state index is 11.4. The fourth-order valence-electron chi connectivity index (χ4n) is 2.38. The van der Waals surface area contributed by atoms with Crippen LogP contribution in [0.5, 0.6) is 0 Å². The number of hydrogen-bond acceptors (Lipinski definition) is 5. The molecule has 0 amide bonds. The highest BCUT2D eigenvalue weighted by atomic mass is 35.5. The molecule has 25 heavy (non-hydrogen) atoms. The zero-order valence-corrected chi connectivity index (χ0v) is 16.8. The zero-order valence-electron chi connectivity index (χ0n) is 15.3. The lowest BCUT2D eigenvalue weighted by Crippen LogP contribution is -2.41. The SMILES string of the molecule is CC(=O)SCC(=Cc1ccc(Cl)c(CO)c1)B1OC(C)(C)C(C)(C)O1. The molecule has 4 nitrogen and oxygen atoms in total. The lowest BCUT2D eigenvalue weighted by molar-refractivity contribution is -0.109. The van der Waals surface area contributed by atoms with Gasteiger partial charge in [-0.25, -0.2) is 0 Å². The van der Waals surface area contributed by atoms with Gasteiger partial charge in [-0.3, -0.25) is 4.79 Å².